The summed E-state index contributed by atoms with van der Waals surface area (Å²) in [5, 5.41) is 0.663. The Morgan fingerprint density at radius 1 is 0.900 bits per heavy atom. The highest BCUT2D eigenvalue weighted by atomic mass is 35.5. The monoisotopic (exact) mass is 292 g/mol. The van der Waals surface area contributed by atoms with Crippen molar-refractivity contribution in [1.82, 2.24) is 0 Å². The zero-order chi connectivity index (χ0) is 14.4. The van der Waals surface area contributed by atoms with Gasteiger partial charge in [0.25, 0.3) is 0 Å². The Morgan fingerprint density at radius 2 is 1.55 bits per heavy atom. The van der Waals surface area contributed by atoms with E-state index in [9.17, 15) is 0 Å². The van der Waals surface area contributed by atoms with Crippen LogP contribution in [0.15, 0.2) is 42.5 Å². The van der Waals surface area contributed by atoms with E-state index in [4.69, 9.17) is 25.8 Å². The van der Waals surface area contributed by atoms with Gasteiger partial charge in [-0.25, -0.2) is 0 Å². The highest BCUT2D eigenvalue weighted by molar-refractivity contribution is 6.30. The molecule has 0 bridgehead atoms. The van der Waals surface area contributed by atoms with Crippen molar-refractivity contribution in [3.05, 3.63) is 53.1 Å². The second kappa shape index (κ2) is 7.06. The van der Waals surface area contributed by atoms with Crippen LogP contribution in [-0.2, 0) is 0 Å². The number of ether oxygens (including phenoxy) is 3. The summed E-state index contributed by atoms with van der Waals surface area (Å²) in [4.78, 5) is 0. The summed E-state index contributed by atoms with van der Waals surface area (Å²) in [7, 11) is 1.62. The quantitative estimate of drug-likeness (QED) is 0.750. The van der Waals surface area contributed by atoms with Gasteiger partial charge in [-0.05, 0) is 36.8 Å². The van der Waals surface area contributed by atoms with Gasteiger partial charge in [-0.15, -0.1) is 0 Å². The molecule has 0 atom stereocenters. The van der Waals surface area contributed by atoms with Crippen LogP contribution in [0.3, 0.4) is 0 Å². The van der Waals surface area contributed by atoms with Crippen LogP contribution in [0.5, 0.6) is 17.2 Å². The molecule has 106 valence electrons. The number of benzene rings is 2. The third-order valence-corrected chi connectivity index (χ3v) is 3.05. The van der Waals surface area contributed by atoms with Gasteiger partial charge in [0, 0.05) is 5.02 Å². The fourth-order valence-electron chi connectivity index (χ4n) is 1.77. The predicted octanol–water partition coefficient (Wildman–Crippen LogP) is 4.11. The molecule has 0 spiro atoms. The first kappa shape index (κ1) is 14.5. The van der Waals surface area contributed by atoms with Crippen LogP contribution in [0.25, 0.3) is 0 Å². The molecule has 0 aliphatic carbocycles. The highest BCUT2D eigenvalue weighted by Crippen LogP contribution is 2.26. The van der Waals surface area contributed by atoms with Gasteiger partial charge in [-0.1, -0.05) is 29.8 Å². The molecular weight excluding hydrogens is 276 g/mol. The summed E-state index contributed by atoms with van der Waals surface area (Å²) in [6.07, 6.45) is 0. The van der Waals surface area contributed by atoms with Crippen molar-refractivity contribution in [2.24, 2.45) is 0 Å². The molecule has 0 aromatic heterocycles. The normalized spacial score (nSPS) is 10.2. The predicted molar refractivity (Wildman–Crippen MR) is 80.2 cm³/mol. The van der Waals surface area contributed by atoms with Gasteiger partial charge in [0.15, 0.2) is 11.5 Å². The Morgan fingerprint density at radius 3 is 2.25 bits per heavy atom. The van der Waals surface area contributed by atoms with E-state index in [1.807, 2.05) is 43.3 Å². The summed E-state index contributed by atoms with van der Waals surface area (Å²) in [5.74, 6) is 2.20. The number of para-hydroxylation sites is 2. The molecule has 0 aliphatic heterocycles. The minimum Gasteiger partial charge on any atom is -0.493 e. The van der Waals surface area contributed by atoms with Crippen LogP contribution in [0.4, 0.5) is 0 Å². The van der Waals surface area contributed by atoms with E-state index in [0.717, 1.165) is 11.3 Å². The lowest BCUT2D eigenvalue weighted by Gasteiger charge is -2.12. The Bertz CT molecular complexity index is 569. The molecule has 2 aromatic carbocycles. The fourth-order valence-corrected chi connectivity index (χ4v) is 1.93. The number of rotatable bonds is 6. The van der Waals surface area contributed by atoms with Crippen LogP contribution in [-0.4, -0.2) is 20.3 Å². The lowest BCUT2D eigenvalue weighted by atomic mass is 10.2. The van der Waals surface area contributed by atoms with Gasteiger partial charge in [0.2, 0.25) is 0 Å². The Balaban J connectivity index is 1.86. The largest absolute Gasteiger partial charge is 0.493 e. The highest BCUT2D eigenvalue weighted by Gasteiger charge is 2.03. The third-order valence-electron chi connectivity index (χ3n) is 2.82. The topological polar surface area (TPSA) is 27.7 Å². The fraction of sp³-hybridized carbons (Fsp3) is 0.250. The van der Waals surface area contributed by atoms with Gasteiger partial charge in [-0.3, -0.25) is 0 Å². The van der Waals surface area contributed by atoms with E-state index in [0.29, 0.717) is 29.7 Å². The summed E-state index contributed by atoms with van der Waals surface area (Å²) < 4.78 is 16.5. The van der Waals surface area contributed by atoms with E-state index >= 15 is 0 Å². The van der Waals surface area contributed by atoms with E-state index in [2.05, 4.69) is 0 Å². The molecule has 2 aromatic rings. The molecule has 4 heteroatoms. The molecular formula is C16H17ClO3. The average molecular weight is 293 g/mol. The van der Waals surface area contributed by atoms with Crippen molar-refractivity contribution in [2.75, 3.05) is 20.3 Å². The smallest absolute Gasteiger partial charge is 0.161 e. The minimum absolute atomic E-state index is 0.437. The molecule has 0 unspecified atom stereocenters. The number of hydrogen-bond acceptors (Lipinski definition) is 3. The lowest BCUT2D eigenvalue weighted by Crippen LogP contribution is -2.10. The zero-order valence-corrected chi connectivity index (χ0v) is 12.3. The summed E-state index contributed by atoms with van der Waals surface area (Å²) >= 11 is 5.94. The van der Waals surface area contributed by atoms with Crippen molar-refractivity contribution in [1.29, 1.82) is 0 Å². The summed E-state index contributed by atoms with van der Waals surface area (Å²) in [6.45, 7) is 2.86. The first-order valence-corrected chi connectivity index (χ1v) is 6.73. The molecule has 0 saturated carbocycles. The van der Waals surface area contributed by atoms with E-state index in [-0.39, 0.29) is 0 Å². The van der Waals surface area contributed by atoms with Gasteiger partial charge in [-0.2, -0.15) is 0 Å². The maximum absolute atomic E-state index is 5.94. The van der Waals surface area contributed by atoms with Crippen molar-refractivity contribution < 1.29 is 14.2 Å². The van der Waals surface area contributed by atoms with Gasteiger partial charge in [0.05, 0.1) is 7.11 Å². The Hall–Kier alpha value is -1.87. The molecule has 0 radical (unpaired) electrons. The standard InChI is InChI=1S/C16H17ClO3/c1-12-7-8-13(17)11-16(12)20-10-9-19-15-6-4-3-5-14(15)18-2/h3-8,11H,9-10H2,1-2H3. The average Bonchev–Trinajstić information content (AvgIpc) is 2.47. The molecule has 0 saturated heterocycles. The SMILES string of the molecule is COc1ccccc1OCCOc1cc(Cl)ccc1C. The van der Waals surface area contributed by atoms with Crippen molar-refractivity contribution in [3.63, 3.8) is 0 Å². The molecule has 20 heavy (non-hydrogen) atoms. The second-order valence-corrected chi connectivity index (χ2v) is 4.69. The first-order valence-electron chi connectivity index (χ1n) is 6.35. The number of halogens is 1. The van der Waals surface area contributed by atoms with Gasteiger partial charge >= 0.3 is 0 Å². The summed E-state index contributed by atoms with van der Waals surface area (Å²) in [5.41, 5.74) is 1.05. The number of hydrogen-bond donors (Lipinski definition) is 0. The van der Waals surface area contributed by atoms with Crippen LogP contribution in [0.2, 0.25) is 5.02 Å². The van der Waals surface area contributed by atoms with Crippen LogP contribution < -0.4 is 14.2 Å². The van der Waals surface area contributed by atoms with Crippen LogP contribution >= 0.6 is 11.6 Å². The molecule has 0 N–H and O–H groups in total. The molecule has 0 amide bonds. The van der Waals surface area contributed by atoms with Gasteiger partial charge in [0.1, 0.15) is 19.0 Å². The van der Waals surface area contributed by atoms with E-state index < -0.39 is 0 Å². The first-order chi connectivity index (χ1) is 9.70. The second-order valence-electron chi connectivity index (χ2n) is 4.26. The zero-order valence-electron chi connectivity index (χ0n) is 11.6. The third kappa shape index (κ3) is 3.81. The van der Waals surface area contributed by atoms with E-state index in [1.54, 1.807) is 13.2 Å². The van der Waals surface area contributed by atoms with Crippen LogP contribution in [0.1, 0.15) is 5.56 Å². The molecule has 2 rings (SSSR count). The van der Waals surface area contributed by atoms with Crippen LogP contribution in [0, 0.1) is 6.92 Å². The Labute approximate surface area is 124 Å². The molecule has 0 aliphatic rings. The van der Waals surface area contributed by atoms with Crippen molar-refractivity contribution >= 4 is 11.6 Å². The molecule has 0 heterocycles. The summed E-state index contributed by atoms with van der Waals surface area (Å²) in [6, 6.07) is 13.1. The van der Waals surface area contributed by atoms with E-state index in [1.165, 1.54) is 0 Å². The maximum atomic E-state index is 5.94. The minimum atomic E-state index is 0.437. The lowest BCUT2D eigenvalue weighted by molar-refractivity contribution is 0.210. The van der Waals surface area contributed by atoms with Crippen molar-refractivity contribution in [2.45, 2.75) is 6.92 Å². The van der Waals surface area contributed by atoms with Gasteiger partial charge < -0.3 is 14.2 Å². The molecule has 0 fully saturated rings. The maximum Gasteiger partial charge on any atom is 0.161 e. The van der Waals surface area contributed by atoms with Crippen molar-refractivity contribution in [3.8, 4) is 17.2 Å². The molecule has 3 nitrogen and oxygen atoms in total. The number of aryl methyl sites for hydroxylation is 1. The number of methoxy groups -OCH3 is 1. The Kier molecular flexibility index (Phi) is 5.13.